The van der Waals surface area contributed by atoms with Gasteiger partial charge in [0.05, 0.1) is 0 Å². The molecule has 0 saturated heterocycles. The summed E-state index contributed by atoms with van der Waals surface area (Å²) in [5, 5.41) is 0. The Kier molecular flexibility index (Phi) is 9.09. The molecule has 0 fully saturated rings. The van der Waals surface area contributed by atoms with E-state index in [2.05, 4.69) is 19.2 Å². The molecule has 43 valence electrons. The molecule has 0 aliphatic rings. The fourth-order valence-corrected chi connectivity index (χ4v) is 0. The molecule has 0 amide bonds. The van der Waals surface area contributed by atoms with Crippen molar-refractivity contribution in [1.29, 1.82) is 0 Å². The van der Waals surface area contributed by atoms with E-state index in [4.69, 9.17) is 11.5 Å². The topological polar surface area (TPSA) is 52.0 Å². The molecule has 6 heavy (non-hydrogen) atoms. The van der Waals surface area contributed by atoms with Crippen LogP contribution in [0.4, 0.5) is 0 Å². The fraction of sp³-hybridized carbons (Fsp3) is 1.00. The Morgan fingerprint density at radius 3 is 1.83 bits per heavy atom. The van der Waals surface area contributed by atoms with Crippen molar-refractivity contribution in [2.24, 2.45) is 11.5 Å². The molecule has 0 rings (SSSR count). The van der Waals surface area contributed by atoms with Crippen LogP contribution < -0.4 is 11.5 Å². The van der Waals surface area contributed by atoms with E-state index >= 15 is 0 Å². The summed E-state index contributed by atoms with van der Waals surface area (Å²) in [4.78, 5) is 0. The van der Waals surface area contributed by atoms with Crippen molar-refractivity contribution >= 4 is 0 Å². The summed E-state index contributed by atoms with van der Waals surface area (Å²) >= 11 is 2.80. The monoisotopic (exact) mass is 181 g/mol. The van der Waals surface area contributed by atoms with Gasteiger partial charge in [0.2, 0.25) is 0 Å². The van der Waals surface area contributed by atoms with Crippen molar-refractivity contribution in [2.45, 2.75) is 11.9 Å². The van der Waals surface area contributed by atoms with Crippen LogP contribution >= 0.6 is 0 Å². The van der Waals surface area contributed by atoms with E-state index in [0.29, 0.717) is 6.54 Å². The van der Waals surface area contributed by atoms with E-state index in [1.54, 1.807) is 0 Å². The normalized spacial score (nSPS) is 12.7. The van der Waals surface area contributed by atoms with Crippen LogP contribution in [-0.4, -0.2) is 11.1 Å². The molecule has 0 aromatic carbocycles. The first-order valence-electron chi connectivity index (χ1n) is 1.33. The second-order valence-electron chi connectivity index (χ2n) is 0.706. The zero-order chi connectivity index (χ0) is 4.28. The second kappa shape index (κ2) is 5.58. The summed E-state index contributed by atoms with van der Waals surface area (Å²) < 4.78 is 0.0120. The van der Waals surface area contributed by atoms with Gasteiger partial charge in [0.1, 0.15) is 0 Å². The minimum atomic E-state index is 0. The summed E-state index contributed by atoms with van der Waals surface area (Å²) in [7, 11) is 0. The third kappa shape index (κ3) is 8.82. The van der Waals surface area contributed by atoms with Gasteiger partial charge < -0.3 is 0 Å². The molecule has 0 bridgehead atoms. The standard InChI is InChI=1S/C2H7N2.CH4.Pd/c3-1-2-4;;/h1H,2-4H2;1H4;. The Labute approximate surface area is 49.7 Å². The Morgan fingerprint density at radius 2 is 1.83 bits per heavy atom. The molecule has 0 spiro atoms. The zero-order valence-corrected chi connectivity index (χ0v) is 4.31. The van der Waals surface area contributed by atoms with Crippen molar-refractivity contribution in [2.75, 3.05) is 6.54 Å². The molecule has 0 aromatic heterocycles. The Bertz CT molecular complexity index is 22.8. The average Bonchev–Trinajstić information content (AvgIpc) is 1.38. The van der Waals surface area contributed by atoms with Gasteiger partial charge in [-0.2, -0.15) is 0 Å². The van der Waals surface area contributed by atoms with Gasteiger partial charge in [-0.05, 0) is 0 Å². The van der Waals surface area contributed by atoms with E-state index in [9.17, 15) is 0 Å². The predicted molar refractivity (Wildman–Crippen MR) is 23.8 cm³/mol. The van der Waals surface area contributed by atoms with Crippen LogP contribution in [-0.2, 0) is 19.2 Å². The summed E-state index contributed by atoms with van der Waals surface area (Å²) in [6.07, 6.45) is 0. The number of hydrogen-bond acceptors (Lipinski definition) is 2. The summed E-state index contributed by atoms with van der Waals surface area (Å²) in [5.41, 5.74) is 10.1. The molecule has 1 atom stereocenters. The molecular weight excluding hydrogens is 170 g/mol. The van der Waals surface area contributed by atoms with Crippen LogP contribution in [0.1, 0.15) is 7.43 Å². The third-order valence-corrected chi connectivity index (χ3v) is 0.577. The first-order chi connectivity index (χ1) is 2.27. The van der Waals surface area contributed by atoms with Gasteiger partial charge in [0, 0.05) is 0 Å². The van der Waals surface area contributed by atoms with Crippen LogP contribution in [0.5, 0.6) is 0 Å². The van der Waals surface area contributed by atoms with Crippen molar-refractivity contribution in [3.8, 4) is 0 Å². The quantitative estimate of drug-likeness (QED) is 0.532. The number of hydrogen-bond donors (Lipinski definition) is 2. The van der Waals surface area contributed by atoms with E-state index < -0.39 is 0 Å². The van der Waals surface area contributed by atoms with Crippen LogP contribution in [0.3, 0.4) is 0 Å². The Morgan fingerprint density at radius 1 is 1.67 bits per heavy atom. The molecule has 2 nitrogen and oxygen atoms in total. The zero-order valence-electron chi connectivity index (χ0n) is 2.76. The third-order valence-electron chi connectivity index (χ3n) is 0.211. The molecule has 3 heteroatoms. The van der Waals surface area contributed by atoms with Crippen molar-refractivity contribution in [3.05, 3.63) is 0 Å². The van der Waals surface area contributed by atoms with E-state index in [0.717, 1.165) is 0 Å². The maximum absolute atomic E-state index is 5.10. The molecular formula is C3H11N2Pd. The Balaban J connectivity index is 0. The van der Waals surface area contributed by atoms with Gasteiger partial charge in [-0.15, -0.1) is 0 Å². The second-order valence-corrected chi connectivity index (χ2v) is 1.86. The predicted octanol–water partition coefficient (Wildman–Crippen LogP) is -0.587. The molecule has 4 N–H and O–H groups in total. The van der Waals surface area contributed by atoms with E-state index in [1.165, 1.54) is 0 Å². The Hall–Kier alpha value is 0.582. The van der Waals surface area contributed by atoms with Crippen LogP contribution in [0.2, 0.25) is 0 Å². The minimum absolute atomic E-state index is 0. The molecule has 1 unspecified atom stereocenters. The van der Waals surface area contributed by atoms with E-state index in [-0.39, 0.29) is 11.9 Å². The molecule has 0 aliphatic heterocycles. The number of rotatable bonds is 1. The summed E-state index contributed by atoms with van der Waals surface area (Å²) in [6, 6.07) is 0. The SMILES string of the molecule is C.NC[CH](N)[Pd]. The van der Waals surface area contributed by atoms with Crippen LogP contribution in [0, 0.1) is 0 Å². The van der Waals surface area contributed by atoms with Crippen LogP contribution in [0.15, 0.2) is 0 Å². The molecule has 0 aliphatic carbocycles. The molecule has 0 saturated carbocycles. The van der Waals surface area contributed by atoms with Gasteiger partial charge in [-0.25, -0.2) is 0 Å². The van der Waals surface area contributed by atoms with Gasteiger partial charge in [-0.1, -0.05) is 7.43 Å². The van der Waals surface area contributed by atoms with Gasteiger partial charge in [-0.3, -0.25) is 0 Å². The van der Waals surface area contributed by atoms with Crippen molar-refractivity contribution in [3.63, 3.8) is 0 Å². The van der Waals surface area contributed by atoms with Crippen molar-refractivity contribution in [1.82, 2.24) is 0 Å². The van der Waals surface area contributed by atoms with E-state index in [1.807, 2.05) is 0 Å². The first-order valence-corrected chi connectivity index (χ1v) is 2.23. The molecule has 0 aromatic rings. The van der Waals surface area contributed by atoms with Gasteiger partial charge >= 0.3 is 41.7 Å². The van der Waals surface area contributed by atoms with Crippen LogP contribution in [0.25, 0.3) is 0 Å². The molecule has 0 radical (unpaired) electrons. The summed E-state index contributed by atoms with van der Waals surface area (Å²) in [5.74, 6) is 0. The fourth-order valence-electron chi connectivity index (χ4n) is 0. The first kappa shape index (κ1) is 9.77. The summed E-state index contributed by atoms with van der Waals surface area (Å²) in [6.45, 7) is 0.517. The number of nitrogens with two attached hydrogens (primary N) is 2. The maximum atomic E-state index is 5.10. The molecule has 0 heterocycles. The van der Waals surface area contributed by atoms with Gasteiger partial charge in [0.25, 0.3) is 0 Å². The van der Waals surface area contributed by atoms with Gasteiger partial charge in [0.15, 0.2) is 0 Å². The average molecular weight is 182 g/mol. The van der Waals surface area contributed by atoms with Crippen molar-refractivity contribution < 1.29 is 19.2 Å².